The van der Waals surface area contributed by atoms with Crippen molar-refractivity contribution in [1.29, 1.82) is 0 Å². The van der Waals surface area contributed by atoms with Gasteiger partial charge in [-0.3, -0.25) is 4.79 Å². The molecule has 2 aromatic carbocycles. The highest BCUT2D eigenvalue weighted by Gasteiger charge is 2.34. The van der Waals surface area contributed by atoms with Gasteiger partial charge in [-0.05, 0) is 29.5 Å². The first-order valence-corrected chi connectivity index (χ1v) is 7.90. The summed E-state index contributed by atoms with van der Waals surface area (Å²) >= 11 is 0. The van der Waals surface area contributed by atoms with Crippen molar-refractivity contribution in [3.63, 3.8) is 0 Å². The number of rotatable bonds is 6. The third kappa shape index (κ3) is 3.92. The van der Waals surface area contributed by atoms with Crippen LogP contribution in [0.3, 0.4) is 0 Å². The molecule has 0 heterocycles. The summed E-state index contributed by atoms with van der Waals surface area (Å²) in [6, 6.07) is 18.5. The van der Waals surface area contributed by atoms with Crippen LogP contribution >= 0.6 is 12.4 Å². The second kappa shape index (κ2) is 8.14. The zero-order valence-corrected chi connectivity index (χ0v) is 14.0. The van der Waals surface area contributed by atoms with Crippen molar-refractivity contribution in [2.75, 3.05) is 19.6 Å². The lowest BCUT2D eigenvalue weighted by Crippen LogP contribution is -2.42. The molecule has 1 atom stereocenters. The van der Waals surface area contributed by atoms with Crippen LogP contribution in [0, 0.1) is 0 Å². The lowest BCUT2D eigenvalue weighted by atomic mass is 9.77. The third-order valence-corrected chi connectivity index (χ3v) is 4.38. The van der Waals surface area contributed by atoms with Crippen LogP contribution in [0.1, 0.15) is 22.6 Å². The van der Waals surface area contributed by atoms with Crippen LogP contribution < -0.4 is 5.73 Å². The van der Waals surface area contributed by atoms with Gasteiger partial charge < -0.3 is 10.6 Å². The van der Waals surface area contributed by atoms with E-state index < -0.39 is 0 Å². The molecule has 1 aliphatic rings. The van der Waals surface area contributed by atoms with E-state index in [-0.39, 0.29) is 24.2 Å². The van der Waals surface area contributed by atoms with Crippen molar-refractivity contribution < 1.29 is 4.79 Å². The van der Waals surface area contributed by atoms with E-state index in [2.05, 4.69) is 24.3 Å². The monoisotopic (exact) mass is 330 g/mol. The van der Waals surface area contributed by atoms with E-state index in [4.69, 9.17) is 5.73 Å². The minimum atomic E-state index is 0. The van der Waals surface area contributed by atoms with Crippen molar-refractivity contribution in [2.24, 2.45) is 5.73 Å². The fourth-order valence-corrected chi connectivity index (χ4v) is 3.10. The van der Waals surface area contributed by atoms with E-state index in [0.29, 0.717) is 13.1 Å². The van der Waals surface area contributed by atoms with E-state index >= 15 is 0 Å². The molecule has 1 aliphatic carbocycles. The molecule has 0 bridgehead atoms. The van der Waals surface area contributed by atoms with Crippen LogP contribution in [0.5, 0.6) is 0 Å². The third-order valence-electron chi connectivity index (χ3n) is 4.38. The Hall–Kier alpha value is -1.84. The van der Waals surface area contributed by atoms with Gasteiger partial charge in [-0.2, -0.15) is 0 Å². The molecule has 4 heteroatoms. The van der Waals surface area contributed by atoms with Crippen molar-refractivity contribution >= 4 is 18.3 Å². The van der Waals surface area contributed by atoms with E-state index in [1.165, 1.54) is 16.7 Å². The Morgan fingerprint density at radius 1 is 1.04 bits per heavy atom. The number of nitrogens with zero attached hydrogens (tertiary/aromatic N) is 1. The first kappa shape index (κ1) is 17.5. The molecule has 122 valence electrons. The molecule has 0 saturated heterocycles. The summed E-state index contributed by atoms with van der Waals surface area (Å²) in [6.45, 7) is 1.87. The number of carbonyl (C=O) groups excluding carboxylic acids is 1. The van der Waals surface area contributed by atoms with Crippen molar-refractivity contribution in [3.8, 4) is 0 Å². The van der Waals surface area contributed by atoms with Crippen LogP contribution in [0.15, 0.2) is 54.6 Å². The van der Waals surface area contributed by atoms with Gasteiger partial charge in [0.25, 0.3) is 0 Å². The number of amides is 1. The Kier molecular flexibility index (Phi) is 6.20. The Morgan fingerprint density at radius 2 is 1.74 bits per heavy atom. The fraction of sp³-hybridized carbons (Fsp3) is 0.316. The van der Waals surface area contributed by atoms with Gasteiger partial charge in [-0.25, -0.2) is 0 Å². The van der Waals surface area contributed by atoms with Crippen LogP contribution in [-0.4, -0.2) is 30.4 Å². The average molecular weight is 331 g/mol. The van der Waals surface area contributed by atoms with E-state index in [1.807, 2.05) is 35.2 Å². The summed E-state index contributed by atoms with van der Waals surface area (Å²) in [5.41, 5.74) is 9.44. The van der Waals surface area contributed by atoms with Gasteiger partial charge in [-0.1, -0.05) is 54.6 Å². The van der Waals surface area contributed by atoms with E-state index in [9.17, 15) is 4.79 Å². The lowest BCUT2D eigenvalue weighted by molar-refractivity contribution is -0.133. The molecule has 0 aliphatic heterocycles. The van der Waals surface area contributed by atoms with E-state index in [0.717, 1.165) is 19.4 Å². The Bertz CT molecular complexity index is 645. The lowest BCUT2D eigenvalue weighted by Gasteiger charge is -2.34. The van der Waals surface area contributed by atoms with Crippen molar-refractivity contribution in [2.45, 2.75) is 18.8 Å². The average Bonchev–Trinajstić information content (AvgIpc) is 2.53. The van der Waals surface area contributed by atoms with E-state index in [1.54, 1.807) is 0 Å². The zero-order valence-electron chi connectivity index (χ0n) is 13.2. The van der Waals surface area contributed by atoms with Crippen LogP contribution in [0.25, 0.3) is 0 Å². The standard InChI is InChI=1S/C19H22N2O.ClH/c20-11-13-21(12-10-15-6-2-1-3-7-15)19(22)18-14-16-8-4-5-9-17(16)18;/h1-9,18H,10-14,20H2;1H. The predicted octanol–water partition coefficient (Wildman–Crippen LogP) is 2.78. The first-order valence-electron chi connectivity index (χ1n) is 7.90. The summed E-state index contributed by atoms with van der Waals surface area (Å²) in [5, 5.41) is 0. The zero-order chi connectivity index (χ0) is 15.4. The molecule has 1 unspecified atom stereocenters. The number of halogens is 1. The number of hydrogen-bond donors (Lipinski definition) is 1. The molecule has 0 saturated carbocycles. The summed E-state index contributed by atoms with van der Waals surface area (Å²) in [4.78, 5) is 14.7. The molecule has 23 heavy (non-hydrogen) atoms. The van der Waals surface area contributed by atoms with Gasteiger partial charge in [0.05, 0.1) is 5.92 Å². The number of fused-ring (bicyclic) bond motifs is 1. The minimum absolute atomic E-state index is 0. The largest absolute Gasteiger partial charge is 0.341 e. The number of benzene rings is 2. The smallest absolute Gasteiger partial charge is 0.230 e. The molecular formula is C19H23ClN2O. The molecule has 2 aromatic rings. The topological polar surface area (TPSA) is 46.3 Å². The highest BCUT2D eigenvalue weighted by atomic mass is 35.5. The Balaban J connectivity index is 0.00000192. The van der Waals surface area contributed by atoms with Gasteiger partial charge in [0, 0.05) is 19.6 Å². The van der Waals surface area contributed by atoms with Crippen LogP contribution in [0.4, 0.5) is 0 Å². The molecule has 2 N–H and O–H groups in total. The van der Waals surface area contributed by atoms with Gasteiger partial charge >= 0.3 is 0 Å². The van der Waals surface area contributed by atoms with Crippen LogP contribution in [0.2, 0.25) is 0 Å². The summed E-state index contributed by atoms with van der Waals surface area (Å²) < 4.78 is 0. The second-order valence-electron chi connectivity index (χ2n) is 5.81. The molecule has 0 aromatic heterocycles. The molecule has 3 nitrogen and oxygen atoms in total. The highest BCUT2D eigenvalue weighted by Crippen LogP contribution is 2.36. The minimum Gasteiger partial charge on any atom is -0.341 e. The molecule has 0 radical (unpaired) electrons. The van der Waals surface area contributed by atoms with Gasteiger partial charge in [0.2, 0.25) is 5.91 Å². The molecular weight excluding hydrogens is 308 g/mol. The quantitative estimate of drug-likeness (QED) is 0.885. The number of carbonyl (C=O) groups is 1. The summed E-state index contributed by atoms with van der Waals surface area (Å²) in [6.07, 6.45) is 1.74. The Morgan fingerprint density at radius 3 is 2.43 bits per heavy atom. The maximum Gasteiger partial charge on any atom is 0.230 e. The maximum atomic E-state index is 12.8. The van der Waals surface area contributed by atoms with Crippen LogP contribution in [-0.2, 0) is 17.6 Å². The first-order chi connectivity index (χ1) is 10.8. The number of hydrogen-bond acceptors (Lipinski definition) is 2. The van der Waals surface area contributed by atoms with Gasteiger partial charge in [-0.15, -0.1) is 12.4 Å². The summed E-state index contributed by atoms with van der Waals surface area (Å²) in [7, 11) is 0. The highest BCUT2D eigenvalue weighted by molar-refractivity contribution is 5.87. The van der Waals surface area contributed by atoms with Gasteiger partial charge in [0.15, 0.2) is 0 Å². The molecule has 0 fully saturated rings. The fourth-order valence-electron chi connectivity index (χ4n) is 3.10. The normalized spacial score (nSPS) is 15.1. The maximum absolute atomic E-state index is 12.8. The summed E-state index contributed by atoms with van der Waals surface area (Å²) in [5.74, 6) is 0.249. The van der Waals surface area contributed by atoms with Gasteiger partial charge in [0.1, 0.15) is 0 Å². The molecule has 1 amide bonds. The Labute approximate surface area is 143 Å². The second-order valence-corrected chi connectivity index (χ2v) is 5.81. The van der Waals surface area contributed by atoms with Crippen molar-refractivity contribution in [3.05, 3.63) is 71.3 Å². The predicted molar refractivity (Wildman–Crippen MR) is 95.9 cm³/mol. The molecule has 3 rings (SSSR count). The number of nitrogens with two attached hydrogens (primary N) is 1. The molecule has 0 spiro atoms. The van der Waals surface area contributed by atoms with Crippen molar-refractivity contribution in [1.82, 2.24) is 4.90 Å². The SMILES string of the molecule is Cl.NCCN(CCc1ccccc1)C(=O)C1Cc2ccccc21.